The van der Waals surface area contributed by atoms with Crippen LogP contribution in [-0.2, 0) is 11.6 Å². The number of alkyl halides is 3. The third kappa shape index (κ3) is 6.48. The summed E-state index contributed by atoms with van der Waals surface area (Å²) in [7, 11) is 0. The fourth-order valence-corrected chi connectivity index (χ4v) is 14.8. The van der Waals surface area contributed by atoms with Crippen molar-refractivity contribution in [3.05, 3.63) is 294 Å². The van der Waals surface area contributed by atoms with Gasteiger partial charge < -0.3 is 23.2 Å². The van der Waals surface area contributed by atoms with Gasteiger partial charge in [-0.1, -0.05) is 181 Å². The summed E-state index contributed by atoms with van der Waals surface area (Å²) in [5, 5.41) is 10.2. The van der Waals surface area contributed by atoms with E-state index < -0.39 is 17.2 Å². The van der Waals surface area contributed by atoms with Crippen molar-refractivity contribution in [1.29, 1.82) is 0 Å². The summed E-state index contributed by atoms with van der Waals surface area (Å²) in [6.45, 7) is 2.12. The number of hydrogen-bond donors (Lipinski definition) is 0. The van der Waals surface area contributed by atoms with E-state index in [1.165, 1.54) is 12.1 Å². The van der Waals surface area contributed by atoms with Crippen molar-refractivity contribution in [2.75, 3.05) is 9.80 Å². The molecule has 0 radical (unpaired) electrons. The monoisotopic (exact) mass is 1100 g/mol. The van der Waals surface area contributed by atoms with Gasteiger partial charge in [-0.15, -0.1) is 0 Å². The number of nitrogens with zero attached hydrogens (tertiary/aromatic N) is 3. The van der Waals surface area contributed by atoms with E-state index in [9.17, 15) is 13.2 Å². The third-order valence-corrected chi connectivity index (χ3v) is 18.2. The lowest BCUT2D eigenvalue weighted by Crippen LogP contribution is -2.34. The molecule has 18 rings (SSSR count). The molecule has 1 unspecified atom stereocenters. The molecule has 1 atom stereocenters. The fourth-order valence-electron chi connectivity index (χ4n) is 14.8. The molecular weight excluding hydrogens is 1060 g/mol. The van der Waals surface area contributed by atoms with Gasteiger partial charge in [0.05, 0.1) is 50.4 Å². The van der Waals surface area contributed by atoms with Crippen molar-refractivity contribution < 1.29 is 22.0 Å². The minimum atomic E-state index is -4.55. The molecule has 1 aliphatic heterocycles. The van der Waals surface area contributed by atoms with Gasteiger partial charge in [-0.25, -0.2) is 0 Å². The molecule has 402 valence electrons. The highest BCUT2D eigenvalue weighted by atomic mass is 19.4. The van der Waals surface area contributed by atoms with Crippen LogP contribution in [0.15, 0.2) is 270 Å². The molecular formula is C77H46F3N3O2. The highest BCUT2D eigenvalue weighted by molar-refractivity contribution is 6.22. The first kappa shape index (κ1) is 47.8. The van der Waals surface area contributed by atoms with E-state index in [0.29, 0.717) is 22.5 Å². The molecule has 4 heterocycles. The van der Waals surface area contributed by atoms with E-state index in [2.05, 4.69) is 215 Å². The summed E-state index contributed by atoms with van der Waals surface area (Å²) >= 11 is 0. The van der Waals surface area contributed by atoms with Gasteiger partial charge in [0.25, 0.3) is 0 Å². The van der Waals surface area contributed by atoms with Crippen LogP contribution in [0.5, 0.6) is 0 Å². The maximum Gasteiger partial charge on any atom is 0.416 e. The van der Waals surface area contributed by atoms with Crippen LogP contribution in [0.4, 0.5) is 47.3 Å². The van der Waals surface area contributed by atoms with Crippen molar-refractivity contribution in [1.82, 2.24) is 4.57 Å². The smallest absolute Gasteiger partial charge is 0.416 e. The number of anilines is 6. The zero-order valence-corrected chi connectivity index (χ0v) is 45.6. The Morgan fingerprint density at radius 2 is 0.800 bits per heavy atom. The van der Waals surface area contributed by atoms with Gasteiger partial charge in [0, 0.05) is 54.5 Å². The summed E-state index contributed by atoms with van der Waals surface area (Å²) in [6.07, 6.45) is -4.55. The molecule has 8 heteroatoms. The van der Waals surface area contributed by atoms with Crippen LogP contribution in [0.25, 0.3) is 104 Å². The van der Waals surface area contributed by atoms with Crippen LogP contribution in [-0.4, -0.2) is 4.57 Å². The largest absolute Gasteiger partial charge is 0.454 e. The fraction of sp³-hybridized carbons (Fsp3) is 0.0390. The summed E-state index contributed by atoms with van der Waals surface area (Å²) < 4.78 is 60.2. The van der Waals surface area contributed by atoms with Crippen molar-refractivity contribution in [3.63, 3.8) is 0 Å². The summed E-state index contributed by atoms with van der Waals surface area (Å²) in [6, 6.07) is 89.6. The maximum absolute atomic E-state index is 14.6. The highest BCUT2D eigenvalue weighted by Gasteiger charge is 2.53. The molecule has 1 spiro atoms. The van der Waals surface area contributed by atoms with Crippen molar-refractivity contribution >= 4 is 121 Å². The lowest BCUT2D eigenvalue weighted by Gasteiger charge is -2.40. The van der Waals surface area contributed by atoms with E-state index in [-0.39, 0.29) is 0 Å². The van der Waals surface area contributed by atoms with E-state index in [1.54, 1.807) is 12.1 Å². The number of benzene rings is 13. The van der Waals surface area contributed by atoms with Gasteiger partial charge in [0.15, 0.2) is 11.2 Å². The summed E-state index contributed by atoms with van der Waals surface area (Å²) in [4.78, 5) is 4.51. The lowest BCUT2D eigenvalue weighted by molar-refractivity contribution is -0.137. The number of fused-ring (bicyclic) bond motifs is 22. The maximum atomic E-state index is 14.6. The zero-order chi connectivity index (χ0) is 56.4. The Labute approximate surface area is 484 Å². The van der Waals surface area contributed by atoms with E-state index >= 15 is 0 Å². The first-order valence-electron chi connectivity index (χ1n) is 28.6. The van der Waals surface area contributed by atoms with Gasteiger partial charge in [0.2, 0.25) is 0 Å². The number of hydrogen-bond acceptors (Lipinski definition) is 4. The van der Waals surface area contributed by atoms with Crippen LogP contribution in [0.2, 0.25) is 0 Å². The topological polar surface area (TPSA) is 37.7 Å². The molecule has 16 aromatic rings. The van der Waals surface area contributed by atoms with Crippen LogP contribution >= 0.6 is 0 Å². The quantitative estimate of drug-likeness (QED) is 0.166. The molecule has 0 N–H and O–H groups in total. The van der Waals surface area contributed by atoms with Gasteiger partial charge in [-0.2, -0.15) is 13.2 Å². The first-order valence-corrected chi connectivity index (χ1v) is 28.6. The number of para-hydroxylation sites is 7. The molecule has 0 saturated heterocycles. The third-order valence-electron chi connectivity index (χ3n) is 18.2. The van der Waals surface area contributed by atoms with Gasteiger partial charge in [-0.3, -0.25) is 0 Å². The molecule has 13 aromatic carbocycles. The van der Waals surface area contributed by atoms with Crippen LogP contribution < -0.4 is 9.80 Å². The number of furan rings is 2. The Morgan fingerprint density at radius 1 is 0.365 bits per heavy atom. The Hall–Kier alpha value is -10.8. The van der Waals surface area contributed by atoms with E-state index in [4.69, 9.17) is 8.83 Å². The Bertz CT molecular complexity index is 5520. The number of aromatic nitrogens is 1. The molecule has 5 nitrogen and oxygen atoms in total. The molecule has 0 fully saturated rings. The average Bonchev–Trinajstić information content (AvgIpc) is 1.53. The first-order chi connectivity index (χ1) is 41.7. The number of rotatable bonds is 6. The molecule has 0 saturated carbocycles. The normalized spacial score (nSPS) is 14.4. The molecule has 0 amide bonds. The van der Waals surface area contributed by atoms with Crippen molar-refractivity contribution in [2.24, 2.45) is 0 Å². The van der Waals surface area contributed by atoms with Gasteiger partial charge in [-0.05, 0) is 136 Å². The number of halogens is 3. The lowest BCUT2D eigenvalue weighted by atomic mass is 9.65. The predicted octanol–water partition coefficient (Wildman–Crippen LogP) is 21.8. The second-order valence-corrected chi connectivity index (χ2v) is 22.6. The van der Waals surface area contributed by atoms with Crippen molar-refractivity contribution in [3.8, 4) is 16.8 Å². The second-order valence-electron chi connectivity index (χ2n) is 22.6. The minimum absolute atomic E-state index is 0.545. The Kier molecular flexibility index (Phi) is 9.76. The van der Waals surface area contributed by atoms with E-state index in [0.717, 1.165) is 143 Å². The summed E-state index contributed by atoms with van der Waals surface area (Å²) in [5.41, 5.74) is 17.0. The molecule has 3 aromatic heterocycles. The Balaban J connectivity index is 1.03. The van der Waals surface area contributed by atoms with Crippen LogP contribution in [0, 0.1) is 6.92 Å². The van der Waals surface area contributed by atoms with Crippen LogP contribution in [0.1, 0.15) is 33.4 Å². The average molecular weight is 1100 g/mol. The number of aryl methyl sites for hydroxylation is 1. The highest BCUT2D eigenvalue weighted by Crippen LogP contribution is 2.66. The van der Waals surface area contributed by atoms with Crippen LogP contribution in [0.3, 0.4) is 0 Å². The Morgan fingerprint density at radius 3 is 1.36 bits per heavy atom. The van der Waals surface area contributed by atoms with Gasteiger partial charge in [0.1, 0.15) is 11.2 Å². The molecule has 2 aliphatic rings. The minimum Gasteiger partial charge on any atom is -0.454 e. The molecule has 1 aliphatic carbocycles. The summed E-state index contributed by atoms with van der Waals surface area (Å²) in [5.74, 6) is 0. The standard InChI is InChI=1S/C77H46F3N3O2/c1-45-35-39-47(40-36-45)81(65-31-15-25-57-52-20-7-12-33-69(52)84-74(57)65)67-43-61-71(54-22-4-2-17-49(54)67)72-55-23-5-3-18-50(55)68(82(48-41-37-46(38-42-48)77(78,79)80)66-32-16-26-58-53-21-8-13-34-70(53)85-75(58)66)44-62(72)76(61)59-27-9-11-30-64(59)83-63-29-10-6-19-51(63)56-24-14-28-60(76)73(56)83/h2-44H,1H3. The molecule has 85 heavy (non-hydrogen) atoms. The predicted molar refractivity (Wildman–Crippen MR) is 340 cm³/mol. The second kappa shape index (κ2) is 17.4. The SMILES string of the molecule is Cc1ccc(N(c2cc3c(c4ccccc24)-c2c(cc(N(c4ccc(C(F)(F)F)cc4)c4cccc5c4oc4ccccc45)c4ccccc24)C32c3ccccc3-n3c4ccccc4c4cccc2c43)c2cccc3c2oc2ccccc23)cc1. The van der Waals surface area contributed by atoms with Gasteiger partial charge >= 0.3 is 6.18 Å². The van der Waals surface area contributed by atoms with E-state index in [1.807, 2.05) is 42.5 Å². The zero-order valence-electron chi connectivity index (χ0n) is 45.6. The molecule has 0 bridgehead atoms. The van der Waals surface area contributed by atoms with Crippen molar-refractivity contribution in [2.45, 2.75) is 18.5 Å².